The average Bonchev–Trinajstić information content (AvgIpc) is 3.42. The fourth-order valence-corrected chi connectivity index (χ4v) is 3.46. The lowest BCUT2D eigenvalue weighted by Crippen LogP contribution is -2.31. The van der Waals surface area contributed by atoms with Crippen molar-refractivity contribution in [1.29, 1.82) is 0 Å². The van der Waals surface area contributed by atoms with Gasteiger partial charge in [0, 0.05) is 24.4 Å². The molecular weight excluding hydrogens is 370 g/mol. The van der Waals surface area contributed by atoms with E-state index in [0.717, 1.165) is 18.5 Å². The molecule has 1 aliphatic heterocycles. The van der Waals surface area contributed by atoms with E-state index >= 15 is 0 Å². The van der Waals surface area contributed by atoms with Crippen LogP contribution in [0.15, 0.2) is 59.3 Å². The van der Waals surface area contributed by atoms with Crippen molar-refractivity contribution in [3.05, 3.63) is 77.4 Å². The number of aromatic nitrogens is 2. The Kier molecular flexibility index (Phi) is 5.37. The number of amides is 1. The van der Waals surface area contributed by atoms with Crippen LogP contribution < -0.4 is 4.74 Å². The second-order valence-corrected chi connectivity index (χ2v) is 6.96. The van der Waals surface area contributed by atoms with E-state index in [-0.39, 0.29) is 30.0 Å². The van der Waals surface area contributed by atoms with Crippen LogP contribution in [-0.4, -0.2) is 33.3 Å². The third-order valence-electron chi connectivity index (χ3n) is 4.96. The first kappa shape index (κ1) is 18.9. The summed E-state index contributed by atoms with van der Waals surface area (Å²) in [7, 11) is 0. The molecule has 7 nitrogen and oxygen atoms in total. The van der Waals surface area contributed by atoms with Crippen LogP contribution in [-0.2, 0) is 6.61 Å². The number of likely N-dealkylation sites (tertiary alicyclic amines) is 1. The normalized spacial score (nSPS) is 16.0. The maximum Gasteiger partial charge on any atom is 0.276 e. The summed E-state index contributed by atoms with van der Waals surface area (Å²) >= 11 is 0. The standard InChI is InChI=1S/C22H21N3O4/c1-15(26)16-7-9-17(10-8-16)28-14-18-13-20(24-29-18)22(27)25-12-4-6-21(25)19-5-2-3-11-23-19/h2-3,5,7-11,13,21H,4,6,12,14H2,1H3. The van der Waals surface area contributed by atoms with Crippen LogP contribution in [0.2, 0.25) is 0 Å². The molecule has 1 amide bonds. The van der Waals surface area contributed by atoms with E-state index in [4.69, 9.17) is 9.26 Å². The van der Waals surface area contributed by atoms with Crippen molar-refractivity contribution in [2.45, 2.75) is 32.4 Å². The number of rotatable bonds is 6. The highest BCUT2D eigenvalue weighted by Gasteiger charge is 2.32. The van der Waals surface area contributed by atoms with E-state index in [2.05, 4.69) is 10.1 Å². The molecule has 4 rings (SSSR count). The summed E-state index contributed by atoms with van der Waals surface area (Å²) < 4.78 is 10.9. The first-order valence-electron chi connectivity index (χ1n) is 9.53. The van der Waals surface area contributed by atoms with Crippen molar-refractivity contribution in [3.8, 4) is 5.75 Å². The number of ether oxygens (including phenoxy) is 1. The molecule has 29 heavy (non-hydrogen) atoms. The van der Waals surface area contributed by atoms with E-state index in [1.54, 1.807) is 41.4 Å². The molecule has 1 unspecified atom stereocenters. The Bertz CT molecular complexity index is 998. The van der Waals surface area contributed by atoms with E-state index in [1.807, 2.05) is 18.2 Å². The second-order valence-electron chi connectivity index (χ2n) is 6.96. The van der Waals surface area contributed by atoms with Gasteiger partial charge < -0.3 is 14.2 Å². The van der Waals surface area contributed by atoms with Gasteiger partial charge in [-0.3, -0.25) is 14.6 Å². The van der Waals surface area contributed by atoms with Crippen molar-refractivity contribution in [1.82, 2.24) is 15.0 Å². The molecule has 3 aromatic rings. The molecule has 1 aliphatic rings. The summed E-state index contributed by atoms with van der Waals surface area (Å²) in [5.74, 6) is 0.895. The average molecular weight is 391 g/mol. The van der Waals surface area contributed by atoms with Crippen LogP contribution in [0, 0.1) is 0 Å². The minimum atomic E-state index is -0.168. The number of carbonyl (C=O) groups excluding carboxylic acids is 2. The van der Waals surface area contributed by atoms with Gasteiger partial charge in [-0.15, -0.1) is 0 Å². The minimum absolute atomic E-state index is 0.000795. The number of pyridine rings is 1. The summed E-state index contributed by atoms with van der Waals surface area (Å²) in [5.41, 5.74) is 1.77. The van der Waals surface area contributed by atoms with Gasteiger partial charge in [-0.05, 0) is 56.2 Å². The summed E-state index contributed by atoms with van der Waals surface area (Å²) in [6.45, 7) is 2.33. The van der Waals surface area contributed by atoms with Gasteiger partial charge in [0.2, 0.25) is 0 Å². The quantitative estimate of drug-likeness (QED) is 0.594. The van der Waals surface area contributed by atoms with Crippen molar-refractivity contribution in [2.24, 2.45) is 0 Å². The Morgan fingerprint density at radius 3 is 2.76 bits per heavy atom. The van der Waals surface area contributed by atoms with Crippen LogP contribution in [0.25, 0.3) is 0 Å². The fraction of sp³-hybridized carbons (Fsp3) is 0.273. The van der Waals surface area contributed by atoms with Crippen molar-refractivity contribution in [3.63, 3.8) is 0 Å². The van der Waals surface area contributed by atoms with Gasteiger partial charge in [0.1, 0.15) is 12.4 Å². The second kappa shape index (κ2) is 8.26. The van der Waals surface area contributed by atoms with E-state index in [9.17, 15) is 9.59 Å². The van der Waals surface area contributed by atoms with Crippen LogP contribution in [0.5, 0.6) is 5.75 Å². The zero-order valence-electron chi connectivity index (χ0n) is 16.1. The molecule has 0 saturated carbocycles. The molecule has 148 valence electrons. The molecule has 1 fully saturated rings. The first-order valence-corrected chi connectivity index (χ1v) is 9.53. The van der Waals surface area contributed by atoms with Crippen LogP contribution in [0.1, 0.15) is 58.1 Å². The number of carbonyl (C=O) groups is 2. The van der Waals surface area contributed by atoms with Crippen molar-refractivity contribution >= 4 is 11.7 Å². The molecule has 1 atom stereocenters. The molecule has 0 bridgehead atoms. The predicted octanol–water partition coefficient (Wildman–Crippen LogP) is 3.83. The Balaban J connectivity index is 1.40. The number of Topliss-reactive ketones (excluding diaryl/α,β-unsaturated/α-hetero) is 1. The maximum atomic E-state index is 12.9. The molecule has 0 spiro atoms. The minimum Gasteiger partial charge on any atom is -0.486 e. The highest BCUT2D eigenvalue weighted by atomic mass is 16.5. The largest absolute Gasteiger partial charge is 0.486 e. The summed E-state index contributed by atoms with van der Waals surface area (Å²) in [6.07, 6.45) is 3.55. The molecular formula is C22H21N3O4. The van der Waals surface area contributed by atoms with Crippen LogP contribution in [0.3, 0.4) is 0 Å². The smallest absolute Gasteiger partial charge is 0.276 e. The number of benzene rings is 1. The first-order chi connectivity index (χ1) is 14.1. The Morgan fingerprint density at radius 1 is 1.21 bits per heavy atom. The lowest BCUT2D eigenvalue weighted by atomic mass is 10.1. The molecule has 1 saturated heterocycles. The van der Waals surface area contributed by atoms with E-state index < -0.39 is 0 Å². The Labute approximate surface area is 168 Å². The lowest BCUT2D eigenvalue weighted by Gasteiger charge is -2.23. The SMILES string of the molecule is CC(=O)c1ccc(OCc2cc(C(=O)N3CCCC3c3ccccn3)no2)cc1. The molecule has 7 heteroatoms. The van der Waals surface area contributed by atoms with Gasteiger partial charge in [0.15, 0.2) is 17.2 Å². The summed E-state index contributed by atoms with van der Waals surface area (Å²) in [4.78, 5) is 30.4. The third-order valence-corrected chi connectivity index (χ3v) is 4.96. The highest BCUT2D eigenvalue weighted by molar-refractivity contribution is 5.94. The Hall–Kier alpha value is -3.48. The van der Waals surface area contributed by atoms with Gasteiger partial charge in [-0.1, -0.05) is 11.2 Å². The van der Waals surface area contributed by atoms with E-state index in [0.29, 0.717) is 23.6 Å². The summed E-state index contributed by atoms with van der Waals surface area (Å²) in [6, 6.07) is 14.2. The molecule has 1 aromatic carbocycles. The lowest BCUT2D eigenvalue weighted by molar-refractivity contribution is 0.0722. The molecule has 0 aliphatic carbocycles. The number of hydrogen-bond acceptors (Lipinski definition) is 6. The topological polar surface area (TPSA) is 85.5 Å². The monoisotopic (exact) mass is 391 g/mol. The van der Waals surface area contributed by atoms with Gasteiger partial charge in [-0.2, -0.15) is 0 Å². The molecule has 0 N–H and O–H groups in total. The van der Waals surface area contributed by atoms with Crippen LogP contribution >= 0.6 is 0 Å². The fourth-order valence-electron chi connectivity index (χ4n) is 3.46. The predicted molar refractivity (Wildman–Crippen MR) is 105 cm³/mol. The number of ketones is 1. The van der Waals surface area contributed by atoms with Crippen molar-refractivity contribution in [2.75, 3.05) is 6.54 Å². The van der Waals surface area contributed by atoms with Gasteiger partial charge in [0.05, 0.1) is 11.7 Å². The highest BCUT2D eigenvalue weighted by Crippen LogP contribution is 2.31. The number of hydrogen-bond donors (Lipinski definition) is 0. The zero-order chi connectivity index (χ0) is 20.2. The van der Waals surface area contributed by atoms with Crippen LogP contribution in [0.4, 0.5) is 0 Å². The summed E-state index contributed by atoms with van der Waals surface area (Å²) in [5, 5.41) is 3.93. The van der Waals surface area contributed by atoms with Gasteiger partial charge in [-0.25, -0.2) is 0 Å². The Morgan fingerprint density at radius 2 is 2.03 bits per heavy atom. The molecule has 3 heterocycles. The molecule has 2 aromatic heterocycles. The van der Waals surface area contributed by atoms with Crippen molar-refractivity contribution < 1.29 is 18.8 Å². The van der Waals surface area contributed by atoms with E-state index in [1.165, 1.54) is 6.92 Å². The zero-order valence-corrected chi connectivity index (χ0v) is 16.1. The maximum absolute atomic E-state index is 12.9. The third kappa shape index (κ3) is 4.18. The molecule has 0 radical (unpaired) electrons. The number of nitrogens with zero attached hydrogens (tertiary/aromatic N) is 3. The van der Waals surface area contributed by atoms with Gasteiger partial charge in [0.25, 0.3) is 5.91 Å². The van der Waals surface area contributed by atoms with Gasteiger partial charge >= 0.3 is 0 Å².